The molecular formula is C27H33BO6. The molecule has 0 aromatic heterocycles. The number of rotatable bonds is 6. The molecular weight excluding hydrogens is 431 g/mol. The zero-order valence-corrected chi connectivity index (χ0v) is 20.7. The number of fused-ring (bicyclic) bond motifs is 2. The average molecular weight is 464 g/mol. The van der Waals surface area contributed by atoms with Crippen LogP contribution in [0.3, 0.4) is 0 Å². The minimum Gasteiger partial charge on any atom is -0.493 e. The number of hydrogen-bond acceptors (Lipinski definition) is 6. The van der Waals surface area contributed by atoms with Crippen LogP contribution in [0.25, 0.3) is 0 Å². The second-order valence-electron chi connectivity index (χ2n) is 10.5. The number of hydrogen-bond donors (Lipinski definition) is 0. The van der Waals surface area contributed by atoms with Gasteiger partial charge in [0.2, 0.25) is 0 Å². The normalized spacial score (nSPS) is 23.9. The summed E-state index contributed by atoms with van der Waals surface area (Å²) in [6, 6.07) is 12.4. The molecule has 5 rings (SSSR count). The predicted octanol–water partition coefficient (Wildman–Crippen LogP) is 4.48. The molecule has 2 unspecified atom stereocenters. The van der Waals surface area contributed by atoms with Crippen LogP contribution >= 0.6 is 0 Å². The van der Waals surface area contributed by atoms with Gasteiger partial charge >= 0.3 is 13.1 Å². The van der Waals surface area contributed by atoms with Gasteiger partial charge in [-0.25, -0.2) is 0 Å². The van der Waals surface area contributed by atoms with Gasteiger partial charge in [0.1, 0.15) is 17.6 Å². The minimum absolute atomic E-state index is 0.0213. The maximum atomic E-state index is 11.5. The highest BCUT2D eigenvalue weighted by molar-refractivity contribution is 6.62. The van der Waals surface area contributed by atoms with E-state index in [2.05, 4.69) is 52.0 Å². The van der Waals surface area contributed by atoms with Crippen molar-refractivity contribution < 1.29 is 28.3 Å². The van der Waals surface area contributed by atoms with Crippen molar-refractivity contribution in [3.05, 3.63) is 53.1 Å². The molecule has 0 spiro atoms. The summed E-state index contributed by atoms with van der Waals surface area (Å²) in [6.07, 6.45) is 2.93. The summed E-state index contributed by atoms with van der Waals surface area (Å²) >= 11 is 0. The molecule has 6 nitrogen and oxygen atoms in total. The zero-order valence-electron chi connectivity index (χ0n) is 20.7. The van der Waals surface area contributed by atoms with E-state index in [0.717, 1.165) is 41.8 Å². The van der Waals surface area contributed by atoms with Crippen LogP contribution in [0.2, 0.25) is 0 Å². The monoisotopic (exact) mass is 464 g/mol. The maximum absolute atomic E-state index is 11.5. The van der Waals surface area contributed by atoms with E-state index in [1.165, 1.54) is 18.2 Å². The van der Waals surface area contributed by atoms with Crippen molar-refractivity contribution in [2.75, 3.05) is 13.7 Å². The van der Waals surface area contributed by atoms with Crippen LogP contribution in [0.4, 0.5) is 0 Å². The lowest BCUT2D eigenvalue weighted by atomic mass is 9.75. The van der Waals surface area contributed by atoms with Gasteiger partial charge in [-0.1, -0.05) is 24.3 Å². The minimum atomic E-state index is -0.367. The van der Waals surface area contributed by atoms with Crippen LogP contribution in [0, 0.1) is 0 Å². The fraction of sp³-hybridized carbons (Fsp3) is 0.519. The standard InChI is InChI=1S/C27H33BO6/c1-26(2)27(3,4)34-28(33-26)22-8-6-7-21-20(22)12-13-23(21)32-18-10-11-19-17(9-14-25(29)30-5)16-31-24(19)15-18/h6-8,10-11,15,17,23H,9,12-14,16H2,1-5H3. The van der Waals surface area contributed by atoms with Crippen molar-refractivity contribution in [1.82, 2.24) is 0 Å². The summed E-state index contributed by atoms with van der Waals surface area (Å²) in [6.45, 7) is 8.91. The van der Waals surface area contributed by atoms with Crippen molar-refractivity contribution in [3.8, 4) is 11.5 Å². The maximum Gasteiger partial charge on any atom is 0.495 e. The van der Waals surface area contributed by atoms with Crippen molar-refractivity contribution >= 4 is 18.6 Å². The highest BCUT2D eigenvalue weighted by Crippen LogP contribution is 2.42. The van der Waals surface area contributed by atoms with Crippen LogP contribution in [-0.4, -0.2) is 38.0 Å². The lowest BCUT2D eigenvalue weighted by Gasteiger charge is -2.32. The summed E-state index contributed by atoms with van der Waals surface area (Å²) in [7, 11) is 1.05. The number of benzene rings is 2. The van der Waals surface area contributed by atoms with Gasteiger partial charge in [0.05, 0.1) is 24.9 Å². The van der Waals surface area contributed by atoms with Gasteiger partial charge in [0.15, 0.2) is 0 Å². The largest absolute Gasteiger partial charge is 0.495 e. The molecule has 0 saturated carbocycles. The fourth-order valence-electron chi connectivity index (χ4n) is 5.09. The van der Waals surface area contributed by atoms with Crippen LogP contribution < -0.4 is 14.9 Å². The average Bonchev–Trinajstić information content (AvgIpc) is 3.45. The van der Waals surface area contributed by atoms with Gasteiger partial charge in [0, 0.05) is 24.0 Å². The predicted molar refractivity (Wildman–Crippen MR) is 130 cm³/mol. The second kappa shape index (κ2) is 8.61. The molecule has 0 bridgehead atoms. The van der Waals surface area contributed by atoms with Crippen molar-refractivity contribution in [2.45, 2.75) is 76.6 Å². The topological polar surface area (TPSA) is 63.2 Å². The second-order valence-corrected chi connectivity index (χ2v) is 10.5. The first kappa shape index (κ1) is 23.2. The first-order valence-electron chi connectivity index (χ1n) is 12.2. The van der Waals surface area contributed by atoms with E-state index in [1.54, 1.807) is 0 Å². The Labute approximate surface area is 202 Å². The van der Waals surface area contributed by atoms with Gasteiger partial charge in [-0.15, -0.1) is 0 Å². The Morgan fingerprint density at radius 1 is 1.09 bits per heavy atom. The summed E-state index contributed by atoms with van der Waals surface area (Å²) < 4.78 is 29.8. The Bertz CT molecular complexity index is 1080. The van der Waals surface area contributed by atoms with Crippen LogP contribution in [0.1, 0.15) is 75.7 Å². The van der Waals surface area contributed by atoms with Gasteiger partial charge in [-0.2, -0.15) is 0 Å². The Kier molecular flexibility index (Phi) is 5.89. The molecule has 1 saturated heterocycles. The third-order valence-corrected chi connectivity index (χ3v) is 7.83. The fourth-order valence-corrected chi connectivity index (χ4v) is 5.09. The molecule has 2 aromatic rings. The summed E-state index contributed by atoms with van der Waals surface area (Å²) in [5.41, 5.74) is 3.97. The van der Waals surface area contributed by atoms with Crippen molar-refractivity contribution in [1.29, 1.82) is 0 Å². The molecule has 34 heavy (non-hydrogen) atoms. The molecule has 0 radical (unpaired) electrons. The molecule has 7 heteroatoms. The van der Waals surface area contributed by atoms with Gasteiger partial charge in [-0.3, -0.25) is 4.79 Å². The van der Waals surface area contributed by atoms with Gasteiger partial charge in [-0.05, 0) is 69.6 Å². The molecule has 3 aliphatic rings. The van der Waals surface area contributed by atoms with Crippen LogP contribution in [0.5, 0.6) is 11.5 Å². The molecule has 2 atom stereocenters. The van der Waals surface area contributed by atoms with E-state index in [-0.39, 0.29) is 36.3 Å². The summed E-state index contributed by atoms with van der Waals surface area (Å²) in [5.74, 6) is 1.66. The third kappa shape index (κ3) is 4.09. The highest BCUT2D eigenvalue weighted by Gasteiger charge is 2.52. The Balaban J connectivity index is 1.31. The van der Waals surface area contributed by atoms with Crippen LogP contribution in [0.15, 0.2) is 36.4 Å². The van der Waals surface area contributed by atoms with E-state index >= 15 is 0 Å². The molecule has 180 valence electrons. The Morgan fingerprint density at radius 2 is 1.85 bits per heavy atom. The van der Waals surface area contributed by atoms with Crippen LogP contribution in [-0.2, 0) is 25.3 Å². The Hall–Kier alpha value is -2.51. The van der Waals surface area contributed by atoms with E-state index < -0.39 is 0 Å². The quantitative estimate of drug-likeness (QED) is 0.464. The number of methoxy groups -OCH3 is 1. The van der Waals surface area contributed by atoms with E-state index in [1.807, 2.05) is 12.1 Å². The molecule has 2 heterocycles. The van der Waals surface area contributed by atoms with Gasteiger partial charge < -0.3 is 23.5 Å². The van der Waals surface area contributed by atoms with E-state index in [9.17, 15) is 4.79 Å². The molecule has 1 aliphatic carbocycles. The van der Waals surface area contributed by atoms with Crippen molar-refractivity contribution in [3.63, 3.8) is 0 Å². The number of carbonyl (C=O) groups excluding carboxylic acids is 1. The molecule has 2 aromatic carbocycles. The lowest BCUT2D eigenvalue weighted by Crippen LogP contribution is -2.41. The smallest absolute Gasteiger partial charge is 0.493 e. The number of esters is 1. The highest BCUT2D eigenvalue weighted by atomic mass is 16.7. The van der Waals surface area contributed by atoms with Crippen molar-refractivity contribution in [2.24, 2.45) is 0 Å². The zero-order chi connectivity index (χ0) is 24.1. The summed E-state index contributed by atoms with van der Waals surface area (Å²) in [4.78, 5) is 11.5. The summed E-state index contributed by atoms with van der Waals surface area (Å²) in [5, 5.41) is 0. The molecule has 1 fully saturated rings. The van der Waals surface area contributed by atoms with E-state index in [4.69, 9.17) is 23.5 Å². The van der Waals surface area contributed by atoms with Gasteiger partial charge in [0.25, 0.3) is 0 Å². The number of ether oxygens (including phenoxy) is 3. The first-order chi connectivity index (χ1) is 16.2. The SMILES string of the molecule is COC(=O)CCC1COc2cc(OC3CCc4c(B5OC(C)(C)C(C)(C)O5)cccc43)ccc21. The lowest BCUT2D eigenvalue weighted by molar-refractivity contribution is -0.140. The molecule has 2 aliphatic heterocycles. The van der Waals surface area contributed by atoms with E-state index in [0.29, 0.717) is 13.0 Å². The molecule has 0 N–H and O–H groups in total. The third-order valence-electron chi connectivity index (χ3n) is 7.83. The Morgan fingerprint density at radius 3 is 2.59 bits per heavy atom. The first-order valence-corrected chi connectivity index (χ1v) is 12.2. The molecule has 0 amide bonds. The number of carbonyl (C=O) groups is 1.